The van der Waals surface area contributed by atoms with Crippen molar-refractivity contribution in [3.63, 3.8) is 0 Å². The maximum Gasteiger partial charge on any atom is 0.239 e. The van der Waals surface area contributed by atoms with E-state index in [0.717, 1.165) is 12.2 Å². The van der Waals surface area contributed by atoms with Crippen LogP contribution in [-0.2, 0) is 4.79 Å². The van der Waals surface area contributed by atoms with Gasteiger partial charge in [-0.05, 0) is 46.2 Å². The maximum atomic E-state index is 11.8. The van der Waals surface area contributed by atoms with Crippen LogP contribution in [0.1, 0.15) is 32.8 Å². The summed E-state index contributed by atoms with van der Waals surface area (Å²) in [4.78, 5) is 15.9. The van der Waals surface area contributed by atoms with Gasteiger partial charge in [0, 0.05) is 19.1 Å². The number of ether oxygens (including phenoxy) is 1. The third kappa shape index (κ3) is 9.02. The molecule has 0 aliphatic heterocycles. The number of amides is 1. The highest BCUT2D eigenvalue weighted by Crippen LogP contribution is 2.11. The number of carbonyl (C=O) groups is 1. The number of nitrogens with one attached hydrogen (secondary N) is 3. The molecule has 24 heavy (non-hydrogen) atoms. The Hall–Kier alpha value is -2.24. The average Bonchev–Trinajstić information content (AvgIpc) is 2.50. The SMILES string of the molecule is CN=C(NCCCOc1ccc(C)cc1)NCC(=O)NC(C)(C)C. The highest BCUT2D eigenvalue weighted by molar-refractivity contribution is 5.86. The van der Waals surface area contributed by atoms with Gasteiger partial charge < -0.3 is 20.7 Å². The Morgan fingerprint density at radius 1 is 1.17 bits per heavy atom. The second kappa shape index (κ2) is 9.80. The van der Waals surface area contributed by atoms with Crippen LogP contribution in [-0.4, -0.2) is 44.1 Å². The van der Waals surface area contributed by atoms with E-state index in [-0.39, 0.29) is 18.0 Å². The number of nitrogens with zero attached hydrogens (tertiary/aromatic N) is 1. The van der Waals surface area contributed by atoms with Crippen molar-refractivity contribution < 1.29 is 9.53 Å². The van der Waals surface area contributed by atoms with Crippen molar-refractivity contribution in [3.8, 4) is 5.75 Å². The molecule has 0 fully saturated rings. The van der Waals surface area contributed by atoms with E-state index in [1.807, 2.05) is 52.0 Å². The molecule has 0 aromatic heterocycles. The number of guanidine groups is 1. The summed E-state index contributed by atoms with van der Waals surface area (Å²) in [6.07, 6.45) is 0.836. The van der Waals surface area contributed by atoms with Crippen LogP contribution in [0.5, 0.6) is 5.75 Å². The van der Waals surface area contributed by atoms with Crippen molar-refractivity contribution in [2.75, 3.05) is 26.7 Å². The summed E-state index contributed by atoms with van der Waals surface area (Å²) in [6, 6.07) is 8.00. The average molecular weight is 334 g/mol. The van der Waals surface area contributed by atoms with Gasteiger partial charge in [-0.25, -0.2) is 0 Å². The van der Waals surface area contributed by atoms with Gasteiger partial charge in [0.1, 0.15) is 5.75 Å². The normalized spacial score (nSPS) is 11.8. The van der Waals surface area contributed by atoms with Gasteiger partial charge in [0.2, 0.25) is 5.91 Å². The predicted molar refractivity (Wildman–Crippen MR) is 98.6 cm³/mol. The zero-order valence-electron chi connectivity index (χ0n) is 15.4. The molecule has 1 aromatic rings. The first-order valence-corrected chi connectivity index (χ1v) is 8.25. The van der Waals surface area contributed by atoms with Crippen LogP contribution >= 0.6 is 0 Å². The molecule has 6 nitrogen and oxygen atoms in total. The topological polar surface area (TPSA) is 74.8 Å². The molecule has 134 valence electrons. The van der Waals surface area contributed by atoms with E-state index in [2.05, 4.69) is 20.9 Å². The third-order valence-corrected chi connectivity index (χ3v) is 3.06. The van der Waals surface area contributed by atoms with E-state index in [9.17, 15) is 4.79 Å². The monoisotopic (exact) mass is 334 g/mol. The van der Waals surface area contributed by atoms with E-state index in [4.69, 9.17) is 4.74 Å². The molecular formula is C18H30N4O2. The van der Waals surface area contributed by atoms with Crippen molar-refractivity contribution in [3.05, 3.63) is 29.8 Å². The summed E-state index contributed by atoms with van der Waals surface area (Å²) in [6.45, 7) is 9.43. The third-order valence-electron chi connectivity index (χ3n) is 3.06. The lowest BCUT2D eigenvalue weighted by Gasteiger charge is -2.21. The molecule has 0 bridgehead atoms. The smallest absolute Gasteiger partial charge is 0.239 e. The van der Waals surface area contributed by atoms with Crippen LogP contribution in [0.15, 0.2) is 29.3 Å². The summed E-state index contributed by atoms with van der Waals surface area (Å²) in [5.41, 5.74) is 0.984. The van der Waals surface area contributed by atoms with E-state index >= 15 is 0 Å². The zero-order chi connectivity index (χ0) is 18.0. The molecule has 0 radical (unpaired) electrons. The zero-order valence-corrected chi connectivity index (χ0v) is 15.4. The van der Waals surface area contributed by atoms with Crippen LogP contribution < -0.4 is 20.7 Å². The van der Waals surface area contributed by atoms with Crippen molar-refractivity contribution in [1.29, 1.82) is 0 Å². The number of carbonyl (C=O) groups excluding carboxylic acids is 1. The second-order valence-electron chi connectivity index (χ2n) is 6.67. The van der Waals surface area contributed by atoms with Crippen molar-refractivity contribution in [2.24, 2.45) is 4.99 Å². The summed E-state index contributed by atoms with van der Waals surface area (Å²) < 4.78 is 5.67. The first-order valence-electron chi connectivity index (χ1n) is 8.25. The van der Waals surface area contributed by atoms with Crippen LogP contribution in [0.3, 0.4) is 0 Å². The fourth-order valence-electron chi connectivity index (χ4n) is 1.95. The minimum atomic E-state index is -0.233. The van der Waals surface area contributed by atoms with Gasteiger partial charge in [0.15, 0.2) is 5.96 Å². The highest BCUT2D eigenvalue weighted by atomic mass is 16.5. The molecule has 0 spiro atoms. The number of hydrogen-bond acceptors (Lipinski definition) is 3. The predicted octanol–water partition coefficient (Wildman–Crippen LogP) is 1.84. The molecule has 0 saturated carbocycles. The van der Waals surface area contributed by atoms with Crippen molar-refractivity contribution in [2.45, 2.75) is 39.7 Å². The standard InChI is InChI=1S/C18H30N4O2/c1-14-7-9-15(10-8-14)24-12-6-11-20-17(19-5)21-13-16(23)22-18(2,3)4/h7-10H,6,11-13H2,1-5H3,(H,22,23)(H2,19,20,21). The molecule has 0 saturated heterocycles. The van der Waals surface area contributed by atoms with E-state index < -0.39 is 0 Å². The lowest BCUT2D eigenvalue weighted by Crippen LogP contribution is -2.48. The molecule has 0 aliphatic rings. The van der Waals surface area contributed by atoms with Crippen molar-refractivity contribution >= 4 is 11.9 Å². The molecule has 1 amide bonds. The Labute approximate surface area is 145 Å². The number of aliphatic imine (C=N–C) groups is 1. The minimum Gasteiger partial charge on any atom is -0.494 e. The van der Waals surface area contributed by atoms with Gasteiger partial charge in [0.25, 0.3) is 0 Å². The Kier molecular flexibility index (Phi) is 8.09. The number of aryl methyl sites for hydroxylation is 1. The number of benzene rings is 1. The molecule has 6 heteroatoms. The first-order chi connectivity index (χ1) is 11.3. The Balaban J connectivity index is 2.18. The Bertz CT molecular complexity index is 533. The van der Waals surface area contributed by atoms with Gasteiger partial charge in [-0.15, -0.1) is 0 Å². The number of hydrogen-bond donors (Lipinski definition) is 3. The Morgan fingerprint density at radius 2 is 1.83 bits per heavy atom. The first kappa shape index (κ1) is 19.8. The van der Waals surface area contributed by atoms with E-state index in [1.54, 1.807) is 7.05 Å². The largest absolute Gasteiger partial charge is 0.494 e. The van der Waals surface area contributed by atoms with Gasteiger partial charge in [-0.1, -0.05) is 17.7 Å². The number of rotatable bonds is 7. The van der Waals surface area contributed by atoms with Crippen LogP contribution in [0.4, 0.5) is 0 Å². The van der Waals surface area contributed by atoms with Crippen LogP contribution in [0, 0.1) is 6.92 Å². The molecule has 0 atom stereocenters. The Morgan fingerprint density at radius 3 is 2.42 bits per heavy atom. The van der Waals surface area contributed by atoms with Gasteiger partial charge in [0.05, 0.1) is 13.2 Å². The molecule has 1 aromatic carbocycles. The minimum absolute atomic E-state index is 0.0619. The summed E-state index contributed by atoms with van der Waals surface area (Å²) in [7, 11) is 1.68. The van der Waals surface area contributed by atoms with Gasteiger partial charge >= 0.3 is 0 Å². The molecular weight excluding hydrogens is 304 g/mol. The van der Waals surface area contributed by atoms with Gasteiger partial charge in [-0.3, -0.25) is 9.79 Å². The molecule has 1 rings (SSSR count). The lowest BCUT2D eigenvalue weighted by molar-refractivity contribution is -0.121. The fourth-order valence-corrected chi connectivity index (χ4v) is 1.95. The summed E-state index contributed by atoms with van der Waals surface area (Å²) in [5, 5.41) is 9.05. The molecule has 0 heterocycles. The molecule has 0 aliphatic carbocycles. The summed E-state index contributed by atoms with van der Waals surface area (Å²) in [5.74, 6) is 1.42. The molecule has 0 unspecified atom stereocenters. The van der Waals surface area contributed by atoms with Crippen molar-refractivity contribution in [1.82, 2.24) is 16.0 Å². The van der Waals surface area contributed by atoms with Crippen LogP contribution in [0.25, 0.3) is 0 Å². The quantitative estimate of drug-likeness (QED) is 0.404. The van der Waals surface area contributed by atoms with Gasteiger partial charge in [-0.2, -0.15) is 0 Å². The maximum absolute atomic E-state index is 11.8. The highest BCUT2D eigenvalue weighted by Gasteiger charge is 2.13. The molecule has 3 N–H and O–H groups in total. The van der Waals surface area contributed by atoms with E-state index in [0.29, 0.717) is 19.1 Å². The van der Waals surface area contributed by atoms with Crippen LogP contribution in [0.2, 0.25) is 0 Å². The van der Waals surface area contributed by atoms with E-state index in [1.165, 1.54) is 5.56 Å². The summed E-state index contributed by atoms with van der Waals surface area (Å²) >= 11 is 0. The second-order valence-corrected chi connectivity index (χ2v) is 6.67. The fraction of sp³-hybridized carbons (Fsp3) is 0.556. The lowest BCUT2D eigenvalue weighted by atomic mass is 10.1.